The van der Waals surface area contributed by atoms with E-state index in [1.165, 1.54) is 7.11 Å². The van der Waals surface area contributed by atoms with Crippen LogP contribution in [-0.4, -0.2) is 31.4 Å². The third-order valence-corrected chi connectivity index (χ3v) is 6.73. The molecule has 1 aliphatic carbocycles. The van der Waals surface area contributed by atoms with Crippen LogP contribution in [0.15, 0.2) is 64.8 Å². The van der Waals surface area contributed by atoms with E-state index in [-0.39, 0.29) is 23.2 Å². The van der Waals surface area contributed by atoms with Crippen molar-refractivity contribution >= 4 is 29.1 Å². The monoisotopic (exact) mass is 457 g/mol. The number of nitrogens with zero attached hydrogens (tertiary/aromatic N) is 3. The molecule has 6 heteroatoms. The van der Waals surface area contributed by atoms with E-state index in [4.69, 9.17) is 9.73 Å². The Balaban J connectivity index is 1.76. The van der Waals surface area contributed by atoms with Gasteiger partial charge in [0.25, 0.3) is 0 Å². The van der Waals surface area contributed by atoms with E-state index >= 15 is 0 Å². The fourth-order valence-electron chi connectivity index (χ4n) is 5.36. The lowest BCUT2D eigenvalue weighted by Gasteiger charge is -2.41. The highest BCUT2D eigenvalue weighted by Gasteiger charge is 2.47. The molecule has 0 radical (unpaired) electrons. The number of guanidine groups is 1. The lowest BCUT2D eigenvalue weighted by molar-refractivity contribution is -0.118. The van der Waals surface area contributed by atoms with Gasteiger partial charge in [0.15, 0.2) is 5.78 Å². The van der Waals surface area contributed by atoms with Crippen molar-refractivity contribution in [2.75, 3.05) is 23.5 Å². The van der Waals surface area contributed by atoms with Gasteiger partial charge in [0, 0.05) is 18.5 Å². The second-order valence-electron chi connectivity index (χ2n) is 10.6. The molecule has 176 valence electrons. The summed E-state index contributed by atoms with van der Waals surface area (Å²) < 4.78 is 5.00. The smallest absolute Gasteiger partial charge is 0.337 e. The molecule has 5 rings (SSSR count). The first-order valence-corrected chi connectivity index (χ1v) is 11.9. The van der Waals surface area contributed by atoms with Gasteiger partial charge in [-0.1, -0.05) is 58.0 Å². The average Bonchev–Trinajstić information content (AvgIpc) is 3.09. The Morgan fingerprint density at radius 1 is 1.12 bits per heavy atom. The predicted molar refractivity (Wildman–Crippen MR) is 134 cm³/mol. The van der Waals surface area contributed by atoms with Crippen LogP contribution in [0.3, 0.4) is 0 Å². The van der Waals surface area contributed by atoms with Crippen molar-refractivity contribution in [3.05, 3.63) is 70.9 Å². The van der Waals surface area contributed by atoms with E-state index in [9.17, 15) is 9.59 Å². The lowest BCUT2D eigenvalue weighted by atomic mass is 9.73. The van der Waals surface area contributed by atoms with Crippen molar-refractivity contribution < 1.29 is 14.3 Å². The molecule has 0 saturated carbocycles. The van der Waals surface area contributed by atoms with Gasteiger partial charge in [-0.3, -0.25) is 9.69 Å². The molecule has 0 spiro atoms. The largest absolute Gasteiger partial charge is 0.465 e. The van der Waals surface area contributed by atoms with E-state index in [0.717, 1.165) is 47.1 Å². The van der Waals surface area contributed by atoms with Gasteiger partial charge in [0.2, 0.25) is 5.96 Å². The highest BCUT2D eigenvalue weighted by Crippen LogP contribution is 2.52. The van der Waals surface area contributed by atoms with Crippen molar-refractivity contribution in [1.29, 1.82) is 0 Å². The average molecular weight is 458 g/mol. The summed E-state index contributed by atoms with van der Waals surface area (Å²) in [5.41, 5.74) is 4.92. The number of rotatable bonds is 4. The quantitative estimate of drug-likeness (QED) is 0.567. The van der Waals surface area contributed by atoms with Crippen LogP contribution in [0.5, 0.6) is 0 Å². The van der Waals surface area contributed by atoms with Crippen molar-refractivity contribution in [3.8, 4) is 0 Å². The van der Waals surface area contributed by atoms with Crippen LogP contribution >= 0.6 is 0 Å². The molecule has 0 fully saturated rings. The summed E-state index contributed by atoms with van der Waals surface area (Å²) in [6, 6.07) is 15.5. The number of ether oxygens (including phenoxy) is 1. The van der Waals surface area contributed by atoms with Crippen LogP contribution < -0.4 is 9.80 Å². The topological polar surface area (TPSA) is 62.2 Å². The Hall–Kier alpha value is -3.41. The summed E-state index contributed by atoms with van der Waals surface area (Å²) in [7, 11) is 1.39. The first-order valence-electron chi connectivity index (χ1n) is 11.9. The number of ketones is 1. The maximum atomic E-state index is 13.6. The molecule has 6 nitrogen and oxygen atoms in total. The maximum Gasteiger partial charge on any atom is 0.337 e. The van der Waals surface area contributed by atoms with Gasteiger partial charge < -0.3 is 9.64 Å². The van der Waals surface area contributed by atoms with Crippen LogP contribution in [0.2, 0.25) is 0 Å². The SMILES string of the molecule is COC(=O)c1ccc2c(c1)N1C(=NC3=C(C(=O)CC(C)(C)C3)[C@@H]1c1ccccc1)N2CC(C)C. The van der Waals surface area contributed by atoms with Crippen molar-refractivity contribution in [2.45, 2.75) is 46.6 Å². The fourth-order valence-corrected chi connectivity index (χ4v) is 5.36. The van der Waals surface area contributed by atoms with E-state index in [1.807, 2.05) is 30.3 Å². The molecule has 3 aliphatic rings. The summed E-state index contributed by atoms with van der Waals surface area (Å²) in [4.78, 5) is 35.5. The minimum absolute atomic E-state index is 0.129. The highest BCUT2D eigenvalue weighted by atomic mass is 16.5. The molecule has 0 unspecified atom stereocenters. The molecular formula is C28H31N3O3. The summed E-state index contributed by atoms with van der Waals surface area (Å²) in [6.07, 6.45) is 1.26. The van der Waals surface area contributed by atoms with Gasteiger partial charge in [-0.05, 0) is 41.5 Å². The maximum absolute atomic E-state index is 13.6. The van der Waals surface area contributed by atoms with Crippen molar-refractivity contribution in [2.24, 2.45) is 16.3 Å². The molecule has 2 aromatic rings. The Morgan fingerprint density at radius 3 is 2.53 bits per heavy atom. The van der Waals surface area contributed by atoms with Crippen LogP contribution in [0.4, 0.5) is 11.4 Å². The molecule has 0 amide bonds. The Labute approximate surface area is 200 Å². The molecule has 2 aliphatic heterocycles. The first kappa shape index (κ1) is 22.4. The van der Waals surface area contributed by atoms with Crippen LogP contribution in [0, 0.1) is 11.3 Å². The minimum atomic E-state index is -0.382. The number of anilines is 2. The van der Waals surface area contributed by atoms with E-state index in [0.29, 0.717) is 17.9 Å². The molecule has 0 saturated heterocycles. The zero-order valence-electron chi connectivity index (χ0n) is 20.5. The number of hydrogen-bond acceptors (Lipinski definition) is 6. The van der Waals surface area contributed by atoms with Crippen LogP contribution in [-0.2, 0) is 9.53 Å². The van der Waals surface area contributed by atoms with Crippen molar-refractivity contribution in [1.82, 2.24) is 0 Å². The van der Waals surface area contributed by atoms with Gasteiger partial charge in [-0.15, -0.1) is 0 Å². The Kier molecular flexibility index (Phi) is 5.34. The molecular weight excluding hydrogens is 426 g/mol. The van der Waals surface area contributed by atoms with Gasteiger partial charge in [-0.25, -0.2) is 9.79 Å². The van der Waals surface area contributed by atoms with Gasteiger partial charge in [0.05, 0.1) is 35.8 Å². The van der Waals surface area contributed by atoms with Gasteiger partial charge >= 0.3 is 5.97 Å². The normalized spacial score (nSPS) is 20.7. The van der Waals surface area contributed by atoms with E-state index in [1.54, 1.807) is 6.07 Å². The zero-order chi connectivity index (χ0) is 24.2. The minimum Gasteiger partial charge on any atom is -0.465 e. The second-order valence-corrected chi connectivity index (χ2v) is 10.6. The fraction of sp³-hybridized carbons (Fsp3) is 0.393. The van der Waals surface area contributed by atoms with Crippen molar-refractivity contribution in [3.63, 3.8) is 0 Å². The third-order valence-electron chi connectivity index (χ3n) is 6.73. The molecule has 0 aromatic heterocycles. The van der Waals surface area contributed by atoms with Crippen LogP contribution in [0.1, 0.15) is 62.5 Å². The number of fused-ring (bicyclic) bond motifs is 3. The van der Waals surface area contributed by atoms with Gasteiger partial charge in [0.1, 0.15) is 0 Å². The number of carbonyl (C=O) groups is 2. The number of methoxy groups -OCH3 is 1. The molecule has 1 atom stereocenters. The first-order chi connectivity index (χ1) is 16.2. The number of Topliss-reactive ketones (excluding diaryl/α,β-unsaturated/α-hetero) is 1. The third kappa shape index (κ3) is 3.61. The van der Waals surface area contributed by atoms with Gasteiger partial charge in [-0.2, -0.15) is 0 Å². The number of esters is 1. The number of benzene rings is 2. The Bertz CT molecular complexity index is 1230. The number of hydrogen-bond donors (Lipinski definition) is 0. The Morgan fingerprint density at radius 2 is 1.85 bits per heavy atom. The van der Waals surface area contributed by atoms with Crippen LogP contribution in [0.25, 0.3) is 0 Å². The van der Waals surface area contributed by atoms with E-state index < -0.39 is 0 Å². The number of carbonyl (C=O) groups excluding carboxylic acids is 2. The molecule has 2 aromatic carbocycles. The second kappa shape index (κ2) is 8.12. The summed E-state index contributed by atoms with van der Waals surface area (Å²) in [5, 5.41) is 0. The van der Waals surface area contributed by atoms with E-state index in [2.05, 4.69) is 49.6 Å². The number of aliphatic imine (C=N–C) groups is 1. The summed E-state index contributed by atoms with van der Waals surface area (Å²) in [5.74, 6) is 0.984. The number of allylic oxidation sites excluding steroid dienone is 1. The standard InChI is InChI=1S/C28H31N3O3/c1-17(2)16-30-21-12-11-19(26(33)34-5)13-22(21)31-25(18-9-7-6-8-10-18)24-20(29-27(30)31)14-28(3,4)15-23(24)32/h6-13,17,25H,14-16H2,1-5H3/t25-/m0/s1. The molecule has 0 bridgehead atoms. The zero-order valence-corrected chi connectivity index (χ0v) is 20.5. The molecule has 34 heavy (non-hydrogen) atoms. The summed E-state index contributed by atoms with van der Waals surface area (Å²) in [6.45, 7) is 9.41. The lowest BCUT2D eigenvalue weighted by Crippen LogP contribution is -2.47. The highest BCUT2D eigenvalue weighted by molar-refractivity contribution is 6.20. The molecule has 0 N–H and O–H groups in total. The predicted octanol–water partition coefficient (Wildman–Crippen LogP) is 5.51. The summed E-state index contributed by atoms with van der Waals surface area (Å²) >= 11 is 0. The molecule has 2 heterocycles.